The van der Waals surface area contributed by atoms with Gasteiger partial charge in [0.25, 0.3) is 0 Å². The predicted octanol–water partition coefficient (Wildman–Crippen LogP) is 15.2. The van der Waals surface area contributed by atoms with Crippen LogP contribution in [0.3, 0.4) is 0 Å². The number of aliphatic hydroxyl groups excluding tert-OH is 1. The van der Waals surface area contributed by atoms with E-state index >= 15 is 0 Å². The van der Waals surface area contributed by atoms with E-state index in [1.807, 2.05) is 0 Å². The summed E-state index contributed by atoms with van der Waals surface area (Å²) in [4.78, 5) is 24.4. The number of aliphatic hydroxyl groups is 1. The van der Waals surface area contributed by atoms with Crippen molar-refractivity contribution in [2.75, 3.05) is 13.2 Å². The van der Waals surface area contributed by atoms with Crippen LogP contribution in [0.2, 0.25) is 0 Å². The van der Waals surface area contributed by atoms with E-state index < -0.39 is 6.10 Å². The Morgan fingerprint density at radius 1 is 0.415 bits per heavy atom. The first kappa shape index (κ1) is 51.6. The second kappa shape index (κ2) is 45.0. The van der Waals surface area contributed by atoms with E-state index in [4.69, 9.17) is 9.47 Å². The van der Waals surface area contributed by atoms with Crippen molar-refractivity contribution in [2.45, 2.75) is 270 Å². The molecule has 0 bridgehead atoms. The van der Waals surface area contributed by atoms with Crippen LogP contribution in [-0.2, 0) is 19.1 Å². The summed E-state index contributed by atoms with van der Waals surface area (Å²) < 4.78 is 10.6. The van der Waals surface area contributed by atoms with Crippen LogP contribution in [0.15, 0.2) is 12.2 Å². The summed E-state index contributed by atoms with van der Waals surface area (Å²) >= 11 is 0. The number of carbonyl (C=O) groups excluding carboxylic acids is 2. The lowest BCUT2D eigenvalue weighted by molar-refractivity contribution is -0.161. The molecule has 1 N–H and O–H groups in total. The lowest BCUT2D eigenvalue weighted by Crippen LogP contribution is -2.28. The van der Waals surface area contributed by atoms with Crippen molar-refractivity contribution in [1.29, 1.82) is 0 Å². The predicted molar refractivity (Wildman–Crippen MR) is 228 cm³/mol. The Kier molecular flexibility index (Phi) is 43.9. The van der Waals surface area contributed by atoms with Gasteiger partial charge in [-0.1, -0.05) is 225 Å². The monoisotopic (exact) mass is 749 g/mol. The molecule has 0 aliphatic rings. The number of esters is 2. The fourth-order valence-electron chi connectivity index (χ4n) is 7.20. The van der Waals surface area contributed by atoms with Crippen LogP contribution in [0.4, 0.5) is 0 Å². The van der Waals surface area contributed by atoms with Gasteiger partial charge < -0.3 is 14.6 Å². The maximum atomic E-state index is 12.2. The molecule has 5 nitrogen and oxygen atoms in total. The van der Waals surface area contributed by atoms with Crippen LogP contribution >= 0.6 is 0 Å². The summed E-state index contributed by atoms with van der Waals surface area (Å²) in [6.07, 6.45) is 53.0. The summed E-state index contributed by atoms with van der Waals surface area (Å²) in [6.45, 7) is 4.16. The summed E-state index contributed by atoms with van der Waals surface area (Å²) in [6, 6.07) is 0. The van der Waals surface area contributed by atoms with Crippen molar-refractivity contribution >= 4 is 11.9 Å². The van der Waals surface area contributed by atoms with Gasteiger partial charge in [-0.25, -0.2) is 0 Å². The van der Waals surface area contributed by atoms with Gasteiger partial charge in [-0.3, -0.25) is 9.59 Å². The Bertz CT molecular complexity index is 765. The number of allylic oxidation sites excluding steroid dienone is 2. The molecule has 53 heavy (non-hydrogen) atoms. The second-order valence-electron chi connectivity index (χ2n) is 16.2. The molecular formula is C48H92O5. The number of rotatable bonds is 44. The number of carbonyl (C=O) groups is 2. The molecule has 0 amide bonds. The average molecular weight is 749 g/mol. The van der Waals surface area contributed by atoms with Gasteiger partial charge in [-0.15, -0.1) is 0 Å². The minimum absolute atomic E-state index is 0.0626. The van der Waals surface area contributed by atoms with Crippen LogP contribution in [0.1, 0.15) is 264 Å². The molecule has 1 atom stereocenters. The van der Waals surface area contributed by atoms with Gasteiger partial charge in [0, 0.05) is 12.8 Å². The van der Waals surface area contributed by atoms with Crippen LogP contribution in [0, 0.1) is 0 Å². The maximum Gasteiger partial charge on any atom is 0.306 e. The SMILES string of the molecule is CCCCCCCC/C=C\CCCCCCCC(=O)OC(CO)COC(=O)CCCCCCCCCCCCCCCCCCCCCCCCCC. The molecule has 1 unspecified atom stereocenters. The highest BCUT2D eigenvalue weighted by atomic mass is 16.6. The molecule has 0 aliphatic heterocycles. The fraction of sp³-hybridized carbons (Fsp3) is 0.917. The van der Waals surface area contributed by atoms with E-state index in [0.29, 0.717) is 12.8 Å². The zero-order valence-electron chi connectivity index (χ0n) is 35.8. The maximum absolute atomic E-state index is 12.2. The van der Waals surface area contributed by atoms with Crippen molar-refractivity contribution in [3.63, 3.8) is 0 Å². The average Bonchev–Trinajstić information content (AvgIpc) is 3.16. The van der Waals surface area contributed by atoms with Gasteiger partial charge in [0.15, 0.2) is 6.10 Å². The van der Waals surface area contributed by atoms with E-state index in [1.165, 1.54) is 199 Å². The number of unbranched alkanes of at least 4 members (excludes halogenated alkanes) is 34. The summed E-state index contributed by atoms with van der Waals surface area (Å²) in [5.74, 6) is -0.585. The second-order valence-corrected chi connectivity index (χ2v) is 16.2. The molecule has 0 fully saturated rings. The third-order valence-electron chi connectivity index (χ3n) is 10.8. The number of hydrogen-bond donors (Lipinski definition) is 1. The first-order valence-corrected chi connectivity index (χ1v) is 23.7. The molecule has 0 aromatic carbocycles. The molecule has 0 saturated carbocycles. The van der Waals surface area contributed by atoms with Crippen molar-refractivity contribution in [3.8, 4) is 0 Å². The third-order valence-corrected chi connectivity index (χ3v) is 10.8. The molecule has 314 valence electrons. The van der Waals surface area contributed by atoms with E-state index in [9.17, 15) is 14.7 Å². The molecule has 0 saturated heterocycles. The van der Waals surface area contributed by atoms with Crippen LogP contribution < -0.4 is 0 Å². The zero-order chi connectivity index (χ0) is 38.6. The van der Waals surface area contributed by atoms with Crippen LogP contribution in [-0.4, -0.2) is 36.4 Å². The van der Waals surface area contributed by atoms with Gasteiger partial charge in [0.05, 0.1) is 6.61 Å². The Morgan fingerprint density at radius 3 is 1.02 bits per heavy atom. The minimum atomic E-state index is -0.770. The Morgan fingerprint density at radius 2 is 0.698 bits per heavy atom. The Labute approximate surface area is 331 Å². The van der Waals surface area contributed by atoms with Crippen molar-refractivity contribution in [1.82, 2.24) is 0 Å². The highest BCUT2D eigenvalue weighted by Crippen LogP contribution is 2.16. The molecule has 0 spiro atoms. The van der Waals surface area contributed by atoms with Crippen molar-refractivity contribution in [2.24, 2.45) is 0 Å². The topological polar surface area (TPSA) is 72.8 Å². The van der Waals surface area contributed by atoms with Gasteiger partial charge in [0.1, 0.15) is 6.61 Å². The normalized spacial score (nSPS) is 12.1. The smallest absolute Gasteiger partial charge is 0.306 e. The first-order chi connectivity index (χ1) is 26.1. The van der Waals surface area contributed by atoms with E-state index in [-0.39, 0.29) is 25.2 Å². The minimum Gasteiger partial charge on any atom is -0.462 e. The quantitative estimate of drug-likeness (QED) is 0.0381. The Balaban J connectivity index is 3.44. The Hall–Kier alpha value is -1.36. The first-order valence-electron chi connectivity index (χ1n) is 23.7. The highest BCUT2D eigenvalue weighted by molar-refractivity contribution is 5.70. The molecule has 0 aliphatic carbocycles. The molecule has 0 heterocycles. The molecule has 0 radical (unpaired) electrons. The summed E-state index contributed by atoms with van der Waals surface area (Å²) in [7, 11) is 0. The van der Waals surface area contributed by atoms with Crippen LogP contribution in [0.25, 0.3) is 0 Å². The third kappa shape index (κ3) is 43.2. The molecule has 0 rings (SSSR count). The van der Waals surface area contributed by atoms with E-state index in [1.54, 1.807) is 0 Å². The number of ether oxygens (including phenoxy) is 2. The van der Waals surface area contributed by atoms with Crippen molar-refractivity contribution < 1.29 is 24.2 Å². The van der Waals surface area contributed by atoms with Gasteiger partial charge in [0.2, 0.25) is 0 Å². The molecule has 0 aromatic rings. The van der Waals surface area contributed by atoms with Crippen molar-refractivity contribution in [3.05, 3.63) is 12.2 Å². The highest BCUT2D eigenvalue weighted by Gasteiger charge is 2.16. The van der Waals surface area contributed by atoms with Gasteiger partial charge in [-0.05, 0) is 38.5 Å². The van der Waals surface area contributed by atoms with E-state index in [0.717, 1.165) is 38.5 Å². The number of hydrogen-bond acceptors (Lipinski definition) is 5. The van der Waals surface area contributed by atoms with Crippen LogP contribution in [0.5, 0.6) is 0 Å². The molecule has 5 heteroatoms. The summed E-state index contributed by atoms with van der Waals surface area (Å²) in [5.41, 5.74) is 0. The largest absolute Gasteiger partial charge is 0.462 e. The standard InChI is InChI=1S/C48H92O5/c1-3-5-7-9-11-13-15-17-19-20-21-22-23-24-25-26-27-29-30-32-34-36-38-40-42-47(50)52-45-46(44-49)53-48(51)43-41-39-37-35-33-31-28-18-16-14-12-10-8-6-4-2/h18,28,46,49H,3-17,19-27,29-45H2,1-2H3/b28-18-. The zero-order valence-corrected chi connectivity index (χ0v) is 35.8. The van der Waals surface area contributed by atoms with Gasteiger partial charge in [-0.2, -0.15) is 0 Å². The van der Waals surface area contributed by atoms with Gasteiger partial charge >= 0.3 is 11.9 Å². The fourth-order valence-corrected chi connectivity index (χ4v) is 7.20. The lowest BCUT2D eigenvalue weighted by atomic mass is 10.0. The molecular weight excluding hydrogens is 657 g/mol. The molecule has 0 aromatic heterocycles. The summed E-state index contributed by atoms with van der Waals surface area (Å²) in [5, 5.41) is 9.59. The van der Waals surface area contributed by atoms with E-state index in [2.05, 4.69) is 26.0 Å². The lowest BCUT2D eigenvalue weighted by Gasteiger charge is -2.15.